The number of rotatable bonds is 4. The topological polar surface area (TPSA) is 60.9 Å². The largest absolute Gasteiger partial charge is 0.487 e. The fourth-order valence-electron chi connectivity index (χ4n) is 2.66. The molecule has 0 radical (unpaired) electrons. The molecule has 0 atom stereocenters. The van der Waals surface area contributed by atoms with E-state index in [2.05, 4.69) is 9.98 Å². The van der Waals surface area contributed by atoms with Gasteiger partial charge in [-0.3, -0.25) is 4.79 Å². The summed E-state index contributed by atoms with van der Waals surface area (Å²) in [5, 5.41) is 1.89. The maximum absolute atomic E-state index is 12.3. The van der Waals surface area contributed by atoms with Crippen molar-refractivity contribution in [1.29, 1.82) is 0 Å². The summed E-state index contributed by atoms with van der Waals surface area (Å²) in [6, 6.07) is 11.0. The van der Waals surface area contributed by atoms with Gasteiger partial charge in [0, 0.05) is 36.6 Å². The molecular formula is C20H18N4O2S. The smallest absolute Gasteiger partial charge is 0.279 e. The van der Waals surface area contributed by atoms with E-state index in [0.29, 0.717) is 22.7 Å². The molecule has 0 spiro atoms. The second-order valence-electron chi connectivity index (χ2n) is 6.23. The number of thiazole rings is 1. The van der Waals surface area contributed by atoms with Crippen molar-refractivity contribution < 1.29 is 9.53 Å². The third-order valence-electron chi connectivity index (χ3n) is 4.09. The molecule has 0 N–H and O–H groups in total. The molecule has 3 aromatic heterocycles. The van der Waals surface area contributed by atoms with Crippen LogP contribution in [0.15, 0.2) is 65.4 Å². The zero-order chi connectivity index (χ0) is 18.8. The predicted octanol–water partition coefficient (Wildman–Crippen LogP) is 3.36. The van der Waals surface area contributed by atoms with E-state index in [1.807, 2.05) is 59.0 Å². The number of carbonyl (C=O) groups is 1. The summed E-state index contributed by atoms with van der Waals surface area (Å²) in [5.41, 5.74) is 3.44. The first-order chi connectivity index (χ1) is 13.1. The zero-order valence-electron chi connectivity index (χ0n) is 15.0. The Morgan fingerprint density at radius 2 is 2.00 bits per heavy atom. The molecule has 3 heterocycles. The Hall–Kier alpha value is -3.19. The lowest BCUT2D eigenvalue weighted by atomic mass is 10.2. The lowest BCUT2D eigenvalue weighted by Crippen LogP contribution is -2.12. The average molecular weight is 378 g/mol. The van der Waals surface area contributed by atoms with Crippen LogP contribution >= 0.6 is 11.3 Å². The Bertz CT molecular complexity index is 1170. The van der Waals surface area contributed by atoms with E-state index in [4.69, 9.17) is 4.74 Å². The predicted molar refractivity (Wildman–Crippen MR) is 104 cm³/mol. The Labute approximate surface area is 160 Å². The zero-order valence-corrected chi connectivity index (χ0v) is 15.8. The fourth-order valence-corrected chi connectivity index (χ4v) is 3.39. The van der Waals surface area contributed by atoms with Gasteiger partial charge in [0.25, 0.3) is 5.91 Å². The minimum absolute atomic E-state index is 0.268. The molecule has 6 nitrogen and oxygen atoms in total. The van der Waals surface area contributed by atoms with Crippen molar-refractivity contribution in [3.8, 4) is 5.75 Å². The molecule has 0 aliphatic carbocycles. The molecule has 0 saturated carbocycles. The number of hydrogen-bond donors (Lipinski definition) is 0. The number of aromatic nitrogens is 3. The molecule has 0 saturated heterocycles. The fraction of sp³-hybridized carbons (Fsp3) is 0.150. The standard InChI is InChI=1S/C20H18N4O2S/c1-14-3-8-18-21-16(12-24(18)11-14)13-26-17-6-4-15(5-7-17)19(25)22-20-23(2)9-10-27-20/h3-12H,13H2,1-2H3. The van der Waals surface area contributed by atoms with Crippen LogP contribution in [0, 0.1) is 6.92 Å². The summed E-state index contributed by atoms with van der Waals surface area (Å²) in [7, 11) is 1.86. The first-order valence-electron chi connectivity index (χ1n) is 8.45. The van der Waals surface area contributed by atoms with Crippen LogP contribution in [0.25, 0.3) is 5.65 Å². The lowest BCUT2D eigenvalue weighted by Gasteiger charge is -2.04. The number of fused-ring (bicyclic) bond motifs is 1. The minimum atomic E-state index is -0.268. The Kier molecular flexibility index (Phi) is 4.60. The lowest BCUT2D eigenvalue weighted by molar-refractivity contribution is 0.0998. The van der Waals surface area contributed by atoms with Gasteiger partial charge in [-0.15, -0.1) is 11.3 Å². The van der Waals surface area contributed by atoms with Crippen LogP contribution in [0.5, 0.6) is 5.75 Å². The van der Waals surface area contributed by atoms with Gasteiger partial charge in [-0.2, -0.15) is 4.99 Å². The molecule has 1 aromatic carbocycles. The second kappa shape index (κ2) is 7.20. The van der Waals surface area contributed by atoms with Crippen LogP contribution in [0.3, 0.4) is 0 Å². The van der Waals surface area contributed by atoms with E-state index in [-0.39, 0.29) is 5.91 Å². The number of amides is 1. The number of benzene rings is 1. The third-order valence-corrected chi connectivity index (χ3v) is 4.94. The van der Waals surface area contributed by atoms with Gasteiger partial charge in [0.1, 0.15) is 18.0 Å². The van der Waals surface area contributed by atoms with E-state index >= 15 is 0 Å². The summed E-state index contributed by atoms with van der Waals surface area (Å²) < 4.78 is 9.60. The minimum Gasteiger partial charge on any atom is -0.487 e. The molecule has 27 heavy (non-hydrogen) atoms. The Morgan fingerprint density at radius 3 is 2.74 bits per heavy atom. The summed E-state index contributed by atoms with van der Waals surface area (Å²) in [6.45, 7) is 2.41. The summed E-state index contributed by atoms with van der Waals surface area (Å²) in [6.07, 6.45) is 5.86. The summed E-state index contributed by atoms with van der Waals surface area (Å²) >= 11 is 1.43. The van der Waals surface area contributed by atoms with Crippen molar-refractivity contribution in [2.75, 3.05) is 0 Å². The van der Waals surface area contributed by atoms with E-state index in [1.165, 1.54) is 16.9 Å². The molecule has 0 aliphatic rings. The van der Waals surface area contributed by atoms with Gasteiger partial charge in [-0.05, 0) is 42.8 Å². The summed E-state index contributed by atoms with van der Waals surface area (Å²) in [4.78, 5) is 21.6. The van der Waals surface area contributed by atoms with E-state index in [1.54, 1.807) is 24.3 Å². The van der Waals surface area contributed by atoms with Gasteiger partial charge in [0.05, 0.1) is 5.69 Å². The maximum atomic E-state index is 12.3. The van der Waals surface area contributed by atoms with Crippen LogP contribution in [-0.4, -0.2) is 19.9 Å². The number of hydrogen-bond acceptors (Lipinski definition) is 4. The van der Waals surface area contributed by atoms with Crippen molar-refractivity contribution in [3.63, 3.8) is 0 Å². The van der Waals surface area contributed by atoms with Crippen LogP contribution in [-0.2, 0) is 13.7 Å². The third kappa shape index (κ3) is 3.83. The van der Waals surface area contributed by atoms with Gasteiger partial charge >= 0.3 is 0 Å². The molecule has 4 aromatic rings. The molecular weight excluding hydrogens is 360 g/mol. The van der Waals surface area contributed by atoms with Crippen molar-refractivity contribution in [3.05, 3.63) is 82.0 Å². The van der Waals surface area contributed by atoms with Crippen LogP contribution in [0.2, 0.25) is 0 Å². The maximum Gasteiger partial charge on any atom is 0.279 e. The number of nitrogens with zero attached hydrogens (tertiary/aromatic N) is 4. The molecule has 7 heteroatoms. The van der Waals surface area contributed by atoms with Crippen LogP contribution < -0.4 is 9.54 Å². The number of pyridine rings is 1. The van der Waals surface area contributed by atoms with Crippen molar-refractivity contribution in [1.82, 2.24) is 14.0 Å². The first-order valence-corrected chi connectivity index (χ1v) is 9.33. The number of carbonyl (C=O) groups excluding carboxylic acids is 1. The van der Waals surface area contributed by atoms with Crippen molar-refractivity contribution >= 4 is 22.9 Å². The normalized spacial score (nSPS) is 11.9. The van der Waals surface area contributed by atoms with Crippen LogP contribution in [0.1, 0.15) is 21.6 Å². The van der Waals surface area contributed by atoms with E-state index in [9.17, 15) is 4.79 Å². The molecule has 136 valence electrons. The van der Waals surface area contributed by atoms with Gasteiger partial charge in [0.2, 0.25) is 0 Å². The highest BCUT2D eigenvalue weighted by molar-refractivity contribution is 7.07. The first kappa shape index (κ1) is 17.2. The summed E-state index contributed by atoms with van der Waals surface area (Å²) in [5.74, 6) is 0.414. The quantitative estimate of drug-likeness (QED) is 0.547. The van der Waals surface area contributed by atoms with Crippen LogP contribution in [0.4, 0.5) is 0 Å². The molecule has 4 rings (SSSR count). The molecule has 1 amide bonds. The molecule has 0 aliphatic heterocycles. The van der Waals surface area contributed by atoms with E-state index in [0.717, 1.165) is 11.3 Å². The van der Waals surface area contributed by atoms with Gasteiger partial charge in [-0.25, -0.2) is 4.98 Å². The number of aryl methyl sites for hydroxylation is 2. The van der Waals surface area contributed by atoms with Crippen molar-refractivity contribution in [2.45, 2.75) is 13.5 Å². The highest BCUT2D eigenvalue weighted by Crippen LogP contribution is 2.15. The van der Waals surface area contributed by atoms with E-state index < -0.39 is 0 Å². The van der Waals surface area contributed by atoms with Gasteiger partial charge in [0.15, 0.2) is 4.80 Å². The number of ether oxygens (including phenoxy) is 1. The SMILES string of the molecule is Cc1ccc2nc(COc3ccc(C(=O)N=c4sccn4C)cc3)cn2c1. The highest BCUT2D eigenvalue weighted by Gasteiger charge is 2.06. The highest BCUT2D eigenvalue weighted by atomic mass is 32.1. The van der Waals surface area contributed by atoms with Crippen molar-refractivity contribution in [2.24, 2.45) is 12.0 Å². The Balaban J connectivity index is 1.44. The monoisotopic (exact) mass is 378 g/mol. The molecule has 0 bridgehead atoms. The van der Waals surface area contributed by atoms with Gasteiger partial charge in [-0.1, -0.05) is 6.07 Å². The van der Waals surface area contributed by atoms with Gasteiger partial charge < -0.3 is 13.7 Å². The average Bonchev–Trinajstić information content (AvgIpc) is 3.25. The molecule has 0 unspecified atom stereocenters. The Morgan fingerprint density at radius 1 is 1.19 bits per heavy atom. The molecule has 0 fully saturated rings. The number of imidazole rings is 1. The second-order valence-corrected chi connectivity index (χ2v) is 7.10.